The molecule has 0 spiro atoms. The van der Waals surface area contributed by atoms with Crippen molar-refractivity contribution < 1.29 is 17.9 Å². The smallest absolute Gasteiger partial charge is 0.336 e. The number of hydrogen-bond donors (Lipinski definition) is 2. The monoisotopic (exact) mass is 394 g/mol. The molecule has 0 atom stereocenters. The summed E-state index contributed by atoms with van der Waals surface area (Å²) < 4.78 is 32.7. The van der Waals surface area contributed by atoms with Gasteiger partial charge in [-0.2, -0.15) is 0 Å². The van der Waals surface area contributed by atoms with Gasteiger partial charge in [-0.1, -0.05) is 13.8 Å². The van der Waals surface area contributed by atoms with Crippen LogP contribution in [0.1, 0.15) is 32.4 Å². The molecule has 0 aliphatic heterocycles. The van der Waals surface area contributed by atoms with Gasteiger partial charge in [-0.25, -0.2) is 18.2 Å². The van der Waals surface area contributed by atoms with Crippen molar-refractivity contribution in [3.8, 4) is 0 Å². The van der Waals surface area contributed by atoms with Gasteiger partial charge in [0.2, 0.25) is 0 Å². The first-order chi connectivity index (χ1) is 12.3. The van der Waals surface area contributed by atoms with Crippen LogP contribution < -0.4 is 10.3 Å². The molecule has 9 heteroatoms. The van der Waals surface area contributed by atoms with Gasteiger partial charge >= 0.3 is 5.63 Å². The third-order valence-corrected chi connectivity index (χ3v) is 6.50. The van der Waals surface area contributed by atoms with Crippen molar-refractivity contribution in [2.75, 3.05) is 4.72 Å². The van der Waals surface area contributed by atoms with Crippen molar-refractivity contribution in [3.63, 3.8) is 0 Å². The third-order valence-electron chi connectivity index (χ3n) is 4.27. The molecule has 0 aliphatic rings. The number of aliphatic hydroxyl groups is 1. The van der Waals surface area contributed by atoms with Gasteiger partial charge in [0.15, 0.2) is 5.13 Å². The summed E-state index contributed by atoms with van der Waals surface area (Å²) in [5.41, 5.74) is -0.809. The standard InChI is InChI=1S/C17H18N2O5S2/c1-3-17(21,4-2)14-10-25-16(18-14)19-26(22,23)12-6-7-13-11(9-12)5-8-15(20)24-13/h5-10,21H,3-4H2,1-2H3,(H,18,19). The molecule has 3 rings (SSSR count). The van der Waals surface area contributed by atoms with E-state index >= 15 is 0 Å². The Morgan fingerprint density at radius 3 is 2.65 bits per heavy atom. The highest BCUT2D eigenvalue weighted by molar-refractivity contribution is 7.93. The number of hydrogen-bond acceptors (Lipinski definition) is 7. The van der Waals surface area contributed by atoms with E-state index in [1.165, 1.54) is 30.3 Å². The molecule has 0 radical (unpaired) electrons. The maximum Gasteiger partial charge on any atom is 0.336 e. The van der Waals surface area contributed by atoms with Crippen molar-refractivity contribution in [2.45, 2.75) is 37.2 Å². The topological polar surface area (TPSA) is 110 Å². The molecule has 138 valence electrons. The van der Waals surface area contributed by atoms with E-state index in [1.54, 1.807) is 5.38 Å². The number of anilines is 1. The van der Waals surface area contributed by atoms with Crippen LogP contribution in [0.3, 0.4) is 0 Å². The molecule has 0 unspecified atom stereocenters. The minimum atomic E-state index is -3.86. The molecule has 3 aromatic rings. The van der Waals surface area contributed by atoms with Crippen LogP contribution >= 0.6 is 11.3 Å². The van der Waals surface area contributed by atoms with Crippen LogP contribution in [0.4, 0.5) is 5.13 Å². The lowest BCUT2D eigenvalue weighted by atomic mass is 9.94. The molecule has 1 aromatic carbocycles. The van der Waals surface area contributed by atoms with Crippen LogP contribution in [-0.2, 0) is 15.6 Å². The van der Waals surface area contributed by atoms with Crippen LogP contribution in [0, 0.1) is 0 Å². The summed E-state index contributed by atoms with van der Waals surface area (Å²) in [5, 5.41) is 12.8. The second kappa shape index (κ2) is 6.82. The van der Waals surface area contributed by atoms with Crippen LogP contribution in [0.25, 0.3) is 11.0 Å². The van der Waals surface area contributed by atoms with Gasteiger partial charge in [-0.15, -0.1) is 11.3 Å². The Hall–Kier alpha value is -2.23. The lowest BCUT2D eigenvalue weighted by Crippen LogP contribution is -2.24. The van der Waals surface area contributed by atoms with Gasteiger partial charge in [0.1, 0.15) is 11.2 Å². The van der Waals surface area contributed by atoms with Crippen LogP contribution in [-0.4, -0.2) is 18.5 Å². The van der Waals surface area contributed by atoms with Crippen LogP contribution in [0.15, 0.2) is 49.8 Å². The number of nitrogens with one attached hydrogen (secondary N) is 1. The van der Waals surface area contributed by atoms with Crippen molar-refractivity contribution in [3.05, 3.63) is 51.8 Å². The van der Waals surface area contributed by atoms with Crippen molar-refractivity contribution in [2.24, 2.45) is 0 Å². The number of rotatable bonds is 6. The summed E-state index contributed by atoms with van der Waals surface area (Å²) in [7, 11) is -3.86. The SMILES string of the molecule is CCC(O)(CC)c1csc(NS(=O)(=O)c2ccc3oc(=O)ccc3c2)n1. The van der Waals surface area contributed by atoms with E-state index in [9.17, 15) is 18.3 Å². The Bertz CT molecular complexity index is 1100. The average Bonchev–Trinajstić information content (AvgIpc) is 3.08. The summed E-state index contributed by atoms with van der Waals surface area (Å²) in [6, 6.07) is 6.95. The second-order valence-electron chi connectivity index (χ2n) is 5.84. The van der Waals surface area contributed by atoms with E-state index in [-0.39, 0.29) is 10.0 Å². The molecule has 26 heavy (non-hydrogen) atoms. The Morgan fingerprint density at radius 1 is 1.23 bits per heavy atom. The van der Waals surface area contributed by atoms with E-state index in [2.05, 4.69) is 9.71 Å². The molecule has 0 aliphatic carbocycles. The fourth-order valence-electron chi connectivity index (χ4n) is 2.54. The van der Waals surface area contributed by atoms with Crippen LogP contribution in [0.2, 0.25) is 0 Å². The highest BCUT2D eigenvalue weighted by atomic mass is 32.2. The summed E-state index contributed by atoms with van der Waals surface area (Å²) >= 11 is 1.11. The Balaban J connectivity index is 1.91. The number of thiazole rings is 1. The maximum absolute atomic E-state index is 12.6. The number of fused-ring (bicyclic) bond motifs is 1. The van der Waals surface area contributed by atoms with Crippen molar-refractivity contribution >= 4 is 37.5 Å². The molecule has 2 heterocycles. The Kier molecular flexibility index (Phi) is 4.87. The van der Waals surface area contributed by atoms with Crippen LogP contribution in [0.5, 0.6) is 0 Å². The minimum Gasteiger partial charge on any atom is -0.423 e. The first-order valence-electron chi connectivity index (χ1n) is 8.02. The molecule has 0 amide bonds. The molecule has 0 saturated carbocycles. The molecule has 7 nitrogen and oxygen atoms in total. The summed E-state index contributed by atoms with van der Waals surface area (Å²) in [6.07, 6.45) is 0.963. The fraction of sp³-hybridized carbons (Fsp3) is 0.294. The predicted octanol–water partition coefficient (Wildman–Crippen LogP) is 3.06. The molecular formula is C17H18N2O5S2. The average molecular weight is 394 g/mol. The molecule has 0 bridgehead atoms. The second-order valence-corrected chi connectivity index (χ2v) is 8.38. The van der Waals surface area contributed by atoms with E-state index in [0.717, 1.165) is 11.3 Å². The molecule has 0 saturated heterocycles. The summed E-state index contributed by atoms with van der Waals surface area (Å²) in [5.74, 6) is 0. The first kappa shape index (κ1) is 18.6. The molecule has 2 aromatic heterocycles. The van der Waals surface area contributed by atoms with E-state index < -0.39 is 21.2 Å². The highest BCUT2D eigenvalue weighted by Gasteiger charge is 2.28. The third kappa shape index (κ3) is 3.50. The zero-order chi connectivity index (χ0) is 18.9. The van der Waals surface area contributed by atoms with Crippen molar-refractivity contribution in [1.29, 1.82) is 0 Å². The Morgan fingerprint density at radius 2 is 1.96 bits per heavy atom. The lowest BCUT2D eigenvalue weighted by molar-refractivity contribution is 0.0247. The predicted molar refractivity (Wildman–Crippen MR) is 99.9 cm³/mol. The minimum absolute atomic E-state index is 0.0249. The molecule has 2 N–H and O–H groups in total. The number of benzene rings is 1. The largest absolute Gasteiger partial charge is 0.423 e. The summed E-state index contributed by atoms with van der Waals surface area (Å²) in [4.78, 5) is 15.5. The highest BCUT2D eigenvalue weighted by Crippen LogP contribution is 2.32. The lowest BCUT2D eigenvalue weighted by Gasteiger charge is -2.22. The van der Waals surface area contributed by atoms with Gasteiger partial charge in [0.05, 0.1) is 10.6 Å². The van der Waals surface area contributed by atoms with E-state index in [4.69, 9.17) is 4.42 Å². The molecule has 0 fully saturated rings. The Labute approximate surface area is 154 Å². The number of aromatic nitrogens is 1. The van der Waals surface area contributed by atoms with Gasteiger partial charge in [-0.3, -0.25) is 4.72 Å². The van der Waals surface area contributed by atoms with Crippen molar-refractivity contribution in [1.82, 2.24) is 4.98 Å². The van der Waals surface area contributed by atoms with E-state index in [1.807, 2.05) is 13.8 Å². The zero-order valence-electron chi connectivity index (χ0n) is 14.2. The number of nitrogens with zero attached hydrogens (tertiary/aromatic N) is 1. The normalized spacial score (nSPS) is 12.4. The first-order valence-corrected chi connectivity index (χ1v) is 10.4. The molecular weight excluding hydrogens is 376 g/mol. The maximum atomic E-state index is 12.6. The van der Waals surface area contributed by atoms with Gasteiger partial charge in [0.25, 0.3) is 10.0 Å². The zero-order valence-corrected chi connectivity index (χ0v) is 15.9. The summed E-state index contributed by atoms with van der Waals surface area (Å²) in [6.45, 7) is 3.69. The van der Waals surface area contributed by atoms with E-state index in [0.29, 0.717) is 29.5 Å². The van der Waals surface area contributed by atoms with Gasteiger partial charge in [-0.05, 0) is 37.1 Å². The number of sulfonamides is 1. The van der Waals surface area contributed by atoms with Gasteiger partial charge in [0, 0.05) is 16.8 Å². The van der Waals surface area contributed by atoms with Gasteiger partial charge < -0.3 is 9.52 Å². The fourth-order valence-corrected chi connectivity index (χ4v) is 4.63. The quantitative estimate of drug-likeness (QED) is 0.622.